The summed E-state index contributed by atoms with van der Waals surface area (Å²) in [7, 11) is -1.42. The largest absolute Gasteiger partial charge is 0.340 e. The highest BCUT2D eigenvalue weighted by atomic mass is 32.2. The van der Waals surface area contributed by atoms with Crippen LogP contribution in [-0.2, 0) is 14.8 Å². The van der Waals surface area contributed by atoms with Gasteiger partial charge in [0.25, 0.3) is 5.91 Å². The van der Waals surface area contributed by atoms with E-state index in [0.717, 1.165) is 45.0 Å². The number of anilines is 1. The molecule has 9 nitrogen and oxygen atoms in total. The first-order valence-corrected chi connectivity index (χ1v) is 13.8. The quantitative estimate of drug-likeness (QED) is 0.513. The van der Waals surface area contributed by atoms with Crippen LogP contribution >= 0.6 is 0 Å². The zero-order chi connectivity index (χ0) is 24.8. The maximum atomic E-state index is 13.3. The third-order valence-corrected chi connectivity index (χ3v) is 7.39. The molecule has 10 heteroatoms. The molecule has 0 spiro atoms. The number of hydrogen-bond acceptors (Lipinski definition) is 6. The third kappa shape index (κ3) is 7.43. The topological polar surface area (TPSA) is 131 Å². The van der Waals surface area contributed by atoms with Crippen LogP contribution in [0.3, 0.4) is 0 Å². The predicted octanol–water partition coefficient (Wildman–Crippen LogP) is 2.23. The molecule has 3 N–H and O–H groups in total. The molecule has 1 unspecified atom stereocenters. The monoisotopic (exact) mass is 489 g/mol. The molecule has 2 amide bonds. The van der Waals surface area contributed by atoms with Gasteiger partial charge in [0.1, 0.15) is 11.6 Å². The molecule has 0 bridgehead atoms. The summed E-state index contributed by atoms with van der Waals surface area (Å²) >= 11 is 0. The van der Waals surface area contributed by atoms with Crippen molar-refractivity contribution in [2.45, 2.75) is 62.9 Å². The maximum absolute atomic E-state index is 13.3. The molecule has 186 valence electrons. The Morgan fingerprint density at radius 2 is 1.76 bits per heavy atom. The summed E-state index contributed by atoms with van der Waals surface area (Å²) in [6.45, 7) is 1.45. The van der Waals surface area contributed by atoms with Gasteiger partial charge in [-0.2, -0.15) is 5.26 Å². The van der Waals surface area contributed by atoms with Crippen molar-refractivity contribution in [3.05, 3.63) is 29.8 Å². The first kappa shape index (κ1) is 26.0. The predicted molar refractivity (Wildman–Crippen MR) is 131 cm³/mol. The van der Waals surface area contributed by atoms with E-state index in [1.54, 1.807) is 0 Å². The van der Waals surface area contributed by atoms with E-state index in [-0.39, 0.29) is 5.91 Å². The van der Waals surface area contributed by atoms with Crippen molar-refractivity contribution in [1.82, 2.24) is 15.5 Å². The number of hydrogen-bond donors (Lipinski definition) is 3. The lowest BCUT2D eigenvalue weighted by molar-refractivity contribution is -0.125. The van der Waals surface area contributed by atoms with Crippen molar-refractivity contribution < 1.29 is 18.0 Å². The summed E-state index contributed by atoms with van der Waals surface area (Å²) in [5.41, 5.74) is -0.235. The number of sulfonamides is 1. The van der Waals surface area contributed by atoms with Crippen LogP contribution in [0.5, 0.6) is 0 Å². The van der Waals surface area contributed by atoms with E-state index in [0.29, 0.717) is 36.4 Å². The number of piperidine rings is 1. The fourth-order valence-electron chi connectivity index (χ4n) is 4.72. The summed E-state index contributed by atoms with van der Waals surface area (Å²) in [6, 6.07) is 7.63. The minimum absolute atomic E-state index is 0.319. The number of nitriles is 1. The van der Waals surface area contributed by atoms with Crippen molar-refractivity contribution in [1.29, 1.82) is 5.26 Å². The number of amides is 2. The second-order valence-corrected chi connectivity index (χ2v) is 11.5. The molecule has 0 aromatic heterocycles. The molecular formula is C24H35N5O4S. The number of likely N-dealkylation sites (tertiary alicyclic amines) is 1. The van der Waals surface area contributed by atoms with Crippen LogP contribution in [0.15, 0.2) is 24.3 Å². The fraction of sp³-hybridized carbons (Fsp3) is 0.625. The molecule has 34 heavy (non-hydrogen) atoms. The molecule has 1 aromatic carbocycles. The van der Waals surface area contributed by atoms with Gasteiger partial charge in [-0.25, -0.2) is 8.42 Å². The summed E-state index contributed by atoms with van der Waals surface area (Å²) in [6.07, 6.45) is 8.17. The van der Waals surface area contributed by atoms with Gasteiger partial charge < -0.3 is 15.5 Å². The average Bonchev–Trinajstić information content (AvgIpc) is 2.80. The summed E-state index contributed by atoms with van der Waals surface area (Å²) in [5.74, 6) is -0.377. The Morgan fingerprint density at radius 3 is 2.32 bits per heavy atom. The molecule has 1 heterocycles. The molecule has 1 saturated carbocycles. The van der Waals surface area contributed by atoms with Crippen LogP contribution in [0.4, 0.5) is 5.69 Å². The number of benzene rings is 1. The molecule has 1 aliphatic carbocycles. The van der Waals surface area contributed by atoms with Gasteiger partial charge in [-0.15, -0.1) is 0 Å². The smallest absolute Gasteiger partial charge is 0.251 e. The lowest BCUT2D eigenvalue weighted by atomic mass is 9.84. The highest BCUT2D eigenvalue weighted by Gasteiger charge is 2.38. The molecular weight excluding hydrogens is 454 g/mol. The van der Waals surface area contributed by atoms with Gasteiger partial charge in [0.15, 0.2) is 0 Å². The van der Waals surface area contributed by atoms with Gasteiger partial charge in [0.2, 0.25) is 15.9 Å². The van der Waals surface area contributed by atoms with Gasteiger partial charge in [-0.05, 0) is 56.5 Å². The number of nitrogens with one attached hydrogen (secondary N) is 3. The van der Waals surface area contributed by atoms with Crippen molar-refractivity contribution in [2.75, 3.05) is 31.1 Å². The highest BCUT2D eigenvalue weighted by Crippen LogP contribution is 2.28. The Bertz CT molecular complexity index is 1000. The first-order valence-electron chi connectivity index (χ1n) is 11.9. The van der Waals surface area contributed by atoms with E-state index in [4.69, 9.17) is 0 Å². The number of carbonyl (C=O) groups is 2. The lowest BCUT2D eigenvalue weighted by Gasteiger charge is -2.37. The molecule has 1 aliphatic heterocycles. The second-order valence-electron chi connectivity index (χ2n) is 9.70. The average molecular weight is 490 g/mol. The van der Waals surface area contributed by atoms with Crippen molar-refractivity contribution in [2.24, 2.45) is 5.92 Å². The van der Waals surface area contributed by atoms with E-state index < -0.39 is 27.5 Å². The highest BCUT2D eigenvalue weighted by molar-refractivity contribution is 7.92. The Labute approximate surface area is 202 Å². The van der Waals surface area contributed by atoms with Crippen LogP contribution in [-0.4, -0.2) is 63.1 Å². The van der Waals surface area contributed by atoms with E-state index in [9.17, 15) is 23.3 Å². The minimum Gasteiger partial charge on any atom is -0.340 e. The summed E-state index contributed by atoms with van der Waals surface area (Å²) in [5, 5.41) is 15.7. The van der Waals surface area contributed by atoms with Crippen molar-refractivity contribution in [3.8, 4) is 6.07 Å². The lowest BCUT2D eigenvalue weighted by Crippen LogP contribution is -2.58. The Morgan fingerprint density at radius 1 is 1.15 bits per heavy atom. The maximum Gasteiger partial charge on any atom is 0.251 e. The zero-order valence-electron chi connectivity index (χ0n) is 20.0. The van der Waals surface area contributed by atoms with Crippen molar-refractivity contribution >= 4 is 27.5 Å². The van der Waals surface area contributed by atoms with Gasteiger partial charge >= 0.3 is 0 Å². The second kappa shape index (κ2) is 11.2. The van der Waals surface area contributed by atoms with E-state index in [1.807, 2.05) is 7.05 Å². The van der Waals surface area contributed by atoms with Crippen molar-refractivity contribution in [3.63, 3.8) is 0 Å². The molecule has 1 saturated heterocycles. The van der Waals surface area contributed by atoms with Gasteiger partial charge in [0, 0.05) is 24.3 Å². The SMILES string of the molecule is CN1CCC(C#N)(NC(=O)C(CC2CCCCC2)NC(=O)c2ccc(NS(C)(=O)=O)cc2)CC1. The van der Waals surface area contributed by atoms with Crippen LogP contribution < -0.4 is 15.4 Å². The molecule has 1 aromatic rings. The fourth-order valence-corrected chi connectivity index (χ4v) is 5.29. The molecule has 0 radical (unpaired) electrons. The normalized spacial score (nSPS) is 20.0. The van der Waals surface area contributed by atoms with E-state index in [1.165, 1.54) is 30.7 Å². The van der Waals surface area contributed by atoms with Crippen LogP contribution in [0, 0.1) is 17.2 Å². The van der Waals surface area contributed by atoms with E-state index in [2.05, 4.69) is 26.3 Å². The van der Waals surface area contributed by atoms with Gasteiger partial charge in [0.05, 0.1) is 12.3 Å². The minimum atomic E-state index is -3.42. The summed E-state index contributed by atoms with van der Waals surface area (Å²) in [4.78, 5) is 28.5. The number of carbonyl (C=O) groups excluding carboxylic acids is 2. The van der Waals surface area contributed by atoms with Crippen LogP contribution in [0.25, 0.3) is 0 Å². The van der Waals surface area contributed by atoms with Gasteiger partial charge in [-0.1, -0.05) is 32.1 Å². The Hall–Kier alpha value is -2.64. The number of nitrogens with zero attached hydrogens (tertiary/aromatic N) is 2. The zero-order valence-corrected chi connectivity index (χ0v) is 20.8. The molecule has 1 atom stereocenters. The van der Waals surface area contributed by atoms with Crippen LogP contribution in [0.1, 0.15) is 61.7 Å². The molecule has 2 aliphatic rings. The number of rotatable bonds is 8. The summed E-state index contributed by atoms with van der Waals surface area (Å²) < 4.78 is 25.2. The first-order chi connectivity index (χ1) is 16.1. The standard InChI is InChI=1S/C24H35N5O4S/c1-29-14-12-24(17-25,13-15-29)27-23(31)21(16-18-6-4-3-5-7-18)26-22(30)19-8-10-20(11-9-19)28-34(2,32)33/h8-11,18,21,28H,3-7,12-16H2,1-2H3,(H,26,30)(H,27,31). The van der Waals surface area contributed by atoms with Gasteiger partial charge in [-0.3, -0.25) is 14.3 Å². The van der Waals surface area contributed by atoms with Crippen LogP contribution in [0.2, 0.25) is 0 Å². The Balaban J connectivity index is 1.72. The molecule has 2 fully saturated rings. The Kier molecular flexibility index (Phi) is 8.55. The third-order valence-electron chi connectivity index (χ3n) is 6.78. The molecule has 3 rings (SSSR count). The van der Waals surface area contributed by atoms with E-state index >= 15 is 0 Å².